The van der Waals surface area contributed by atoms with Crippen LogP contribution in [-0.2, 0) is 25.3 Å². The van der Waals surface area contributed by atoms with Gasteiger partial charge >= 0.3 is 5.97 Å². The zero-order valence-corrected chi connectivity index (χ0v) is 22.5. The van der Waals surface area contributed by atoms with Crippen LogP contribution in [0, 0.1) is 11.8 Å². The van der Waals surface area contributed by atoms with Gasteiger partial charge in [-0.3, -0.25) is 0 Å². The van der Waals surface area contributed by atoms with Crippen molar-refractivity contribution in [1.29, 1.82) is 0 Å². The van der Waals surface area contributed by atoms with Crippen LogP contribution in [0.15, 0.2) is 42.0 Å². The van der Waals surface area contributed by atoms with Crippen LogP contribution in [0.2, 0.25) is 18.1 Å². The van der Waals surface area contributed by atoms with E-state index in [1.807, 2.05) is 38.1 Å². The fourth-order valence-corrected chi connectivity index (χ4v) is 7.21. The van der Waals surface area contributed by atoms with E-state index in [9.17, 15) is 4.79 Å². The predicted molar refractivity (Wildman–Crippen MR) is 136 cm³/mol. The lowest BCUT2D eigenvalue weighted by molar-refractivity contribution is -0.138. The smallest absolute Gasteiger partial charge is 0.333 e. The van der Waals surface area contributed by atoms with E-state index in [1.54, 1.807) is 0 Å². The van der Waals surface area contributed by atoms with Gasteiger partial charge in [-0.05, 0) is 56.3 Å². The standard InChI is InChI=1S/C27H46O4Si/c1-8-30-27(28)23(6)17-15-16-22(5)26(31-32(9-2,10-3)11-4)24(7)20-29-21-25-18-13-12-14-19-25/h12-14,17-19,22,24,26H,8-11,15-16,20-21H2,1-7H3/b23-17+/t22-,24-,26+/m0/s1. The summed E-state index contributed by atoms with van der Waals surface area (Å²) < 4.78 is 18.2. The fourth-order valence-electron chi connectivity index (χ4n) is 4.17. The zero-order chi connectivity index (χ0) is 24.0. The second-order valence-electron chi connectivity index (χ2n) is 8.97. The zero-order valence-electron chi connectivity index (χ0n) is 21.5. The molecule has 1 aromatic rings. The maximum Gasteiger partial charge on any atom is 0.333 e. The quantitative estimate of drug-likeness (QED) is 0.149. The molecule has 182 valence electrons. The van der Waals surface area contributed by atoms with Crippen molar-refractivity contribution in [3.05, 3.63) is 47.5 Å². The average molecular weight is 463 g/mol. The van der Waals surface area contributed by atoms with Gasteiger partial charge in [-0.1, -0.05) is 71.0 Å². The number of allylic oxidation sites excluding steroid dienone is 1. The van der Waals surface area contributed by atoms with Crippen molar-refractivity contribution in [3.63, 3.8) is 0 Å². The van der Waals surface area contributed by atoms with Gasteiger partial charge in [0, 0.05) is 11.5 Å². The van der Waals surface area contributed by atoms with Crippen molar-refractivity contribution in [3.8, 4) is 0 Å². The summed E-state index contributed by atoms with van der Waals surface area (Å²) in [6.07, 6.45) is 3.99. The Morgan fingerprint density at radius 2 is 1.62 bits per heavy atom. The molecule has 4 nitrogen and oxygen atoms in total. The Morgan fingerprint density at radius 1 is 1.00 bits per heavy atom. The fraction of sp³-hybridized carbons (Fsp3) is 0.667. The molecule has 0 unspecified atom stereocenters. The van der Waals surface area contributed by atoms with Crippen LogP contribution in [0.5, 0.6) is 0 Å². The van der Waals surface area contributed by atoms with E-state index >= 15 is 0 Å². The molecule has 0 radical (unpaired) electrons. The van der Waals surface area contributed by atoms with Gasteiger partial charge in [0.1, 0.15) is 0 Å². The molecular formula is C27H46O4Si. The number of esters is 1. The average Bonchev–Trinajstić information content (AvgIpc) is 2.81. The Labute approximate surface area is 197 Å². The third kappa shape index (κ3) is 9.59. The van der Waals surface area contributed by atoms with Crippen molar-refractivity contribution in [2.75, 3.05) is 13.2 Å². The first-order chi connectivity index (χ1) is 15.3. The van der Waals surface area contributed by atoms with Crippen molar-refractivity contribution in [2.24, 2.45) is 11.8 Å². The summed E-state index contributed by atoms with van der Waals surface area (Å²) in [6.45, 7) is 16.8. The highest BCUT2D eigenvalue weighted by Gasteiger charge is 2.36. The van der Waals surface area contributed by atoms with Gasteiger partial charge < -0.3 is 13.9 Å². The molecule has 32 heavy (non-hydrogen) atoms. The molecule has 0 bridgehead atoms. The lowest BCUT2D eigenvalue weighted by Gasteiger charge is -2.39. The first kappa shape index (κ1) is 28.6. The maximum absolute atomic E-state index is 11.9. The van der Waals surface area contributed by atoms with Crippen molar-refractivity contribution >= 4 is 14.3 Å². The van der Waals surface area contributed by atoms with Crippen LogP contribution in [0.25, 0.3) is 0 Å². The minimum absolute atomic E-state index is 0.161. The van der Waals surface area contributed by atoms with Crippen molar-refractivity contribution in [2.45, 2.75) is 92.2 Å². The molecule has 0 aliphatic heterocycles. The molecule has 0 fully saturated rings. The molecule has 5 heteroatoms. The van der Waals surface area contributed by atoms with Gasteiger partial charge in [0.15, 0.2) is 8.32 Å². The Kier molecular flexibility index (Phi) is 13.8. The van der Waals surface area contributed by atoms with Gasteiger partial charge in [-0.15, -0.1) is 0 Å². The number of rotatable bonds is 16. The first-order valence-electron chi connectivity index (χ1n) is 12.5. The number of hydrogen-bond acceptors (Lipinski definition) is 4. The monoisotopic (exact) mass is 462 g/mol. The minimum atomic E-state index is -1.74. The molecule has 3 atom stereocenters. The molecular weight excluding hydrogens is 416 g/mol. The molecule has 0 spiro atoms. The summed E-state index contributed by atoms with van der Waals surface area (Å²) in [7, 11) is -1.74. The summed E-state index contributed by atoms with van der Waals surface area (Å²) >= 11 is 0. The number of carbonyl (C=O) groups is 1. The van der Waals surface area contributed by atoms with Crippen LogP contribution in [0.4, 0.5) is 0 Å². The topological polar surface area (TPSA) is 44.8 Å². The third-order valence-electron chi connectivity index (χ3n) is 6.60. The lowest BCUT2D eigenvalue weighted by atomic mass is 9.90. The van der Waals surface area contributed by atoms with Gasteiger partial charge in [0.2, 0.25) is 0 Å². The second kappa shape index (κ2) is 15.4. The molecule has 1 aromatic carbocycles. The number of benzene rings is 1. The van der Waals surface area contributed by atoms with E-state index in [-0.39, 0.29) is 12.1 Å². The SMILES string of the molecule is CCOC(=O)/C(C)=C/CC[C@H](C)[C@@H](O[Si](CC)(CC)CC)[C@@H](C)COCc1ccccc1. The summed E-state index contributed by atoms with van der Waals surface area (Å²) in [5.41, 5.74) is 1.89. The molecule has 0 saturated heterocycles. The highest BCUT2D eigenvalue weighted by molar-refractivity contribution is 6.73. The predicted octanol–water partition coefficient (Wildman–Crippen LogP) is 7.16. The van der Waals surface area contributed by atoms with Crippen LogP contribution in [0.1, 0.15) is 66.9 Å². The van der Waals surface area contributed by atoms with Gasteiger partial charge in [0.05, 0.1) is 25.9 Å². The Hall–Kier alpha value is -1.43. The van der Waals surface area contributed by atoms with E-state index in [2.05, 4.69) is 46.8 Å². The third-order valence-corrected chi connectivity index (χ3v) is 11.2. The van der Waals surface area contributed by atoms with Gasteiger partial charge in [-0.25, -0.2) is 4.79 Å². The van der Waals surface area contributed by atoms with Gasteiger partial charge in [-0.2, -0.15) is 0 Å². The van der Waals surface area contributed by atoms with E-state index in [0.29, 0.717) is 37.2 Å². The number of carbonyl (C=O) groups excluding carboxylic acids is 1. The number of ether oxygens (including phenoxy) is 2. The molecule has 0 N–H and O–H groups in total. The van der Waals surface area contributed by atoms with Gasteiger partial charge in [0.25, 0.3) is 0 Å². The molecule has 0 saturated carbocycles. The molecule has 0 heterocycles. The molecule has 0 aliphatic rings. The van der Waals surface area contributed by atoms with Crippen LogP contribution < -0.4 is 0 Å². The van der Waals surface area contributed by atoms with E-state index in [0.717, 1.165) is 31.0 Å². The maximum atomic E-state index is 11.9. The van der Waals surface area contributed by atoms with Crippen LogP contribution >= 0.6 is 0 Å². The highest BCUT2D eigenvalue weighted by Crippen LogP contribution is 2.31. The molecule has 0 aliphatic carbocycles. The Morgan fingerprint density at radius 3 is 2.19 bits per heavy atom. The second-order valence-corrected chi connectivity index (χ2v) is 13.7. The summed E-state index contributed by atoms with van der Waals surface area (Å²) in [4.78, 5) is 11.9. The molecule has 0 aromatic heterocycles. The highest BCUT2D eigenvalue weighted by atomic mass is 28.4. The van der Waals surface area contributed by atoms with E-state index in [4.69, 9.17) is 13.9 Å². The normalized spacial score (nSPS) is 15.3. The largest absolute Gasteiger partial charge is 0.463 e. The Balaban J connectivity index is 2.81. The summed E-state index contributed by atoms with van der Waals surface area (Å²) in [6, 6.07) is 13.7. The van der Waals surface area contributed by atoms with Crippen LogP contribution in [0.3, 0.4) is 0 Å². The van der Waals surface area contributed by atoms with Crippen molar-refractivity contribution < 1.29 is 18.7 Å². The van der Waals surface area contributed by atoms with Crippen molar-refractivity contribution in [1.82, 2.24) is 0 Å². The molecule has 1 rings (SSSR count). The Bertz CT molecular complexity index is 661. The minimum Gasteiger partial charge on any atom is -0.463 e. The first-order valence-corrected chi connectivity index (χ1v) is 15.0. The van der Waals surface area contributed by atoms with E-state index < -0.39 is 8.32 Å². The lowest BCUT2D eigenvalue weighted by Crippen LogP contribution is -2.45. The summed E-state index contributed by atoms with van der Waals surface area (Å²) in [5.74, 6) is 0.471. The summed E-state index contributed by atoms with van der Waals surface area (Å²) in [5, 5.41) is 0. The van der Waals surface area contributed by atoms with E-state index in [1.165, 1.54) is 5.56 Å². The number of hydrogen-bond donors (Lipinski definition) is 0. The van der Waals surface area contributed by atoms with Crippen LogP contribution in [-0.4, -0.2) is 33.6 Å². The molecule has 0 amide bonds.